The zero-order valence-corrected chi connectivity index (χ0v) is 6.61. The highest BCUT2D eigenvalue weighted by molar-refractivity contribution is 6.21. The molecule has 0 aromatic carbocycles. The predicted octanol–water partition coefficient (Wildman–Crippen LogP) is -0.946. The normalized spacial score (nSPS) is 40.9. The zero-order valence-electron chi connectivity index (χ0n) is 5.85. The third-order valence-electron chi connectivity index (χ3n) is 1.70. The van der Waals surface area contributed by atoms with Crippen LogP contribution >= 0.6 is 11.6 Å². The third kappa shape index (κ3) is 2.04. The molecule has 1 rings (SSSR count). The van der Waals surface area contributed by atoms with Crippen molar-refractivity contribution in [1.29, 1.82) is 0 Å². The molecule has 5 heteroatoms. The second kappa shape index (κ2) is 3.69. The average molecular weight is 183 g/mol. The summed E-state index contributed by atoms with van der Waals surface area (Å²) in [5.74, 6) is 0. The summed E-state index contributed by atoms with van der Waals surface area (Å²) in [5.41, 5.74) is 0. The van der Waals surface area contributed by atoms with Gasteiger partial charge in [-0.25, -0.2) is 0 Å². The van der Waals surface area contributed by atoms with Crippen molar-refractivity contribution < 1.29 is 20.1 Å². The van der Waals surface area contributed by atoms with Gasteiger partial charge in [-0.2, -0.15) is 0 Å². The number of rotatable bonds is 2. The molecule has 0 radical (unpaired) electrons. The van der Waals surface area contributed by atoms with Gasteiger partial charge in [0.25, 0.3) is 0 Å². The second-order valence-corrected chi connectivity index (χ2v) is 3.13. The molecule has 0 unspecified atom stereocenters. The molecular weight excluding hydrogens is 172 g/mol. The molecule has 4 atom stereocenters. The number of hydrogen-bond donors (Lipinski definition) is 3. The van der Waals surface area contributed by atoms with E-state index in [0.717, 1.165) is 0 Å². The van der Waals surface area contributed by atoms with Crippen molar-refractivity contribution in [3.05, 3.63) is 0 Å². The summed E-state index contributed by atoms with van der Waals surface area (Å²) in [6.45, 7) is -0.374. The van der Waals surface area contributed by atoms with Crippen LogP contribution < -0.4 is 0 Å². The summed E-state index contributed by atoms with van der Waals surface area (Å²) in [5, 5.41) is 26.0. The van der Waals surface area contributed by atoms with Crippen molar-refractivity contribution in [2.75, 3.05) is 6.61 Å². The molecule has 0 spiro atoms. The Morgan fingerprint density at radius 2 is 2.27 bits per heavy atom. The lowest BCUT2D eigenvalue weighted by Gasteiger charge is -2.14. The molecule has 1 saturated heterocycles. The molecule has 1 fully saturated rings. The van der Waals surface area contributed by atoms with E-state index in [4.69, 9.17) is 31.7 Å². The van der Waals surface area contributed by atoms with Crippen molar-refractivity contribution in [2.45, 2.75) is 30.3 Å². The van der Waals surface area contributed by atoms with Gasteiger partial charge in [0.05, 0.1) is 18.1 Å². The molecule has 66 valence electrons. The van der Waals surface area contributed by atoms with E-state index >= 15 is 0 Å². The van der Waals surface area contributed by atoms with Crippen molar-refractivity contribution in [3.63, 3.8) is 0 Å². The fourth-order valence-corrected chi connectivity index (χ4v) is 1.26. The Morgan fingerprint density at radius 3 is 2.64 bits per heavy atom. The summed E-state index contributed by atoms with van der Waals surface area (Å²) >= 11 is 5.59. The molecule has 3 N–H and O–H groups in total. The largest absolute Gasteiger partial charge is 0.394 e. The molecule has 0 bridgehead atoms. The third-order valence-corrected chi connectivity index (χ3v) is 2.09. The predicted molar refractivity (Wildman–Crippen MR) is 38.2 cm³/mol. The first-order valence-corrected chi connectivity index (χ1v) is 3.85. The summed E-state index contributed by atoms with van der Waals surface area (Å²) in [7, 11) is 0. The van der Waals surface area contributed by atoms with E-state index in [1.807, 2.05) is 0 Å². The summed E-state index contributed by atoms with van der Waals surface area (Å²) in [6, 6.07) is 0. The lowest BCUT2D eigenvalue weighted by Crippen LogP contribution is -2.29. The van der Waals surface area contributed by atoms with Crippen molar-refractivity contribution in [3.8, 4) is 0 Å². The van der Waals surface area contributed by atoms with E-state index in [1.54, 1.807) is 0 Å². The van der Waals surface area contributed by atoms with Gasteiger partial charge in [0.2, 0.25) is 0 Å². The molecule has 0 aliphatic carbocycles. The maximum atomic E-state index is 9.05. The number of aliphatic hydroxyl groups excluding tert-OH is 3. The molecule has 4 nitrogen and oxygen atoms in total. The van der Waals surface area contributed by atoms with E-state index in [9.17, 15) is 0 Å². The van der Waals surface area contributed by atoms with Gasteiger partial charge in [-0.15, -0.1) is 11.6 Å². The van der Waals surface area contributed by atoms with Gasteiger partial charge in [-0.05, 0) is 6.42 Å². The molecule has 0 amide bonds. The van der Waals surface area contributed by atoms with E-state index < -0.39 is 23.9 Å². The number of hydrogen-bond acceptors (Lipinski definition) is 4. The highest BCUT2D eigenvalue weighted by Gasteiger charge is 2.36. The minimum absolute atomic E-state index is 0.366. The Labute approximate surface area is 69.4 Å². The molecule has 0 aromatic rings. The first-order chi connectivity index (χ1) is 5.15. The lowest BCUT2D eigenvalue weighted by atomic mass is 10.1. The van der Waals surface area contributed by atoms with Gasteiger partial charge in [-0.3, -0.25) is 0 Å². The minimum Gasteiger partial charge on any atom is -0.394 e. The van der Waals surface area contributed by atoms with Crippen LogP contribution in [-0.4, -0.2) is 45.8 Å². The molecule has 1 heterocycles. The van der Waals surface area contributed by atoms with Crippen LogP contribution in [0.4, 0.5) is 0 Å². The summed E-state index contributed by atoms with van der Waals surface area (Å²) < 4.78 is 4.84. The van der Waals surface area contributed by atoms with Crippen LogP contribution in [0.1, 0.15) is 6.42 Å². The Bertz CT molecular complexity index is 122. The number of aliphatic hydroxyl groups is 3. The van der Waals surface area contributed by atoms with Crippen LogP contribution in [0.5, 0.6) is 0 Å². The van der Waals surface area contributed by atoms with Gasteiger partial charge in [0, 0.05) is 0 Å². The van der Waals surface area contributed by atoms with Crippen LogP contribution in [0.2, 0.25) is 0 Å². The van der Waals surface area contributed by atoms with Gasteiger partial charge in [-0.1, -0.05) is 0 Å². The standard InChI is InChI=1S/C6H11ClO4/c7-3-1-5(4(9)2-8)11-6(3)10/h3-6,8-10H,1-2H2/t3-,4+,5+,6-/m0/s1. The lowest BCUT2D eigenvalue weighted by molar-refractivity contribution is -0.126. The topological polar surface area (TPSA) is 69.9 Å². The first kappa shape index (κ1) is 9.22. The van der Waals surface area contributed by atoms with Crippen LogP contribution in [0.3, 0.4) is 0 Å². The van der Waals surface area contributed by atoms with Crippen LogP contribution in [0, 0.1) is 0 Å². The quantitative estimate of drug-likeness (QED) is 0.482. The van der Waals surface area contributed by atoms with E-state index in [2.05, 4.69) is 0 Å². The van der Waals surface area contributed by atoms with Gasteiger partial charge in [0.15, 0.2) is 6.29 Å². The number of alkyl halides is 1. The van der Waals surface area contributed by atoms with E-state index in [-0.39, 0.29) is 6.61 Å². The van der Waals surface area contributed by atoms with E-state index in [1.165, 1.54) is 0 Å². The Kier molecular flexibility index (Phi) is 3.09. The maximum absolute atomic E-state index is 9.05. The Balaban J connectivity index is 2.40. The minimum atomic E-state index is -1.03. The fraction of sp³-hybridized carbons (Fsp3) is 1.00. The zero-order chi connectivity index (χ0) is 8.43. The van der Waals surface area contributed by atoms with Gasteiger partial charge in [0.1, 0.15) is 6.10 Å². The molecule has 1 aliphatic rings. The molecule has 1 aliphatic heterocycles. The highest BCUT2D eigenvalue weighted by Crippen LogP contribution is 2.25. The highest BCUT2D eigenvalue weighted by atomic mass is 35.5. The number of halogens is 1. The molecule has 0 aromatic heterocycles. The van der Waals surface area contributed by atoms with Crippen molar-refractivity contribution in [2.24, 2.45) is 0 Å². The number of ether oxygens (including phenoxy) is 1. The van der Waals surface area contributed by atoms with Gasteiger partial charge < -0.3 is 20.1 Å². The maximum Gasteiger partial charge on any atom is 0.171 e. The molecular formula is C6H11ClO4. The van der Waals surface area contributed by atoms with Crippen molar-refractivity contribution in [1.82, 2.24) is 0 Å². The summed E-state index contributed by atoms with van der Waals surface area (Å²) in [6.07, 6.45) is -2.15. The SMILES string of the molecule is OC[C@@H](O)[C@H]1C[C@H](Cl)[C@@H](O)O1. The second-order valence-electron chi connectivity index (χ2n) is 2.57. The first-order valence-electron chi connectivity index (χ1n) is 3.41. The Hall–Kier alpha value is 0.130. The van der Waals surface area contributed by atoms with Crippen LogP contribution in [-0.2, 0) is 4.74 Å². The smallest absolute Gasteiger partial charge is 0.171 e. The van der Waals surface area contributed by atoms with Crippen LogP contribution in [0.15, 0.2) is 0 Å². The van der Waals surface area contributed by atoms with Crippen LogP contribution in [0.25, 0.3) is 0 Å². The fourth-order valence-electron chi connectivity index (χ4n) is 1.02. The summed E-state index contributed by atoms with van der Waals surface area (Å²) in [4.78, 5) is 0. The Morgan fingerprint density at radius 1 is 1.64 bits per heavy atom. The molecule has 11 heavy (non-hydrogen) atoms. The van der Waals surface area contributed by atoms with E-state index in [0.29, 0.717) is 6.42 Å². The van der Waals surface area contributed by atoms with Crippen molar-refractivity contribution >= 4 is 11.6 Å². The van der Waals surface area contributed by atoms with Gasteiger partial charge >= 0.3 is 0 Å². The molecule has 0 saturated carbocycles. The average Bonchev–Trinajstić information content (AvgIpc) is 2.31. The monoisotopic (exact) mass is 182 g/mol.